The minimum atomic E-state index is -3.55. The molecule has 0 spiro atoms. The van der Waals surface area contributed by atoms with Gasteiger partial charge in [0.15, 0.2) is 0 Å². The lowest BCUT2D eigenvalue weighted by molar-refractivity contribution is -0.129. The first kappa shape index (κ1) is 22.3. The van der Waals surface area contributed by atoms with Gasteiger partial charge in [-0.1, -0.05) is 12.1 Å². The molecule has 1 heterocycles. The van der Waals surface area contributed by atoms with E-state index in [-0.39, 0.29) is 18.4 Å². The summed E-state index contributed by atoms with van der Waals surface area (Å²) in [6.45, 7) is 9.36. The van der Waals surface area contributed by atoms with Crippen molar-refractivity contribution in [3.05, 3.63) is 29.3 Å². The van der Waals surface area contributed by atoms with E-state index in [2.05, 4.69) is 10.6 Å². The number of hydrogen-bond donors (Lipinski definition) is 2. The number of carbonyl (C=O) groups is 2. The van der Waals surface area contributed by atoms with Gasteiger partial charge in [-0.3, -0.25) is 14.5 Å². The number of piperazine rings is 1. The minimum absolute atomic E-state index is 0.140. The number of aryl methyl sites for hydroxylation is 2. The Balaban J connectivity index is 1.91. The van der Waals surface area contributed by atoms with Crippen molar-refractivity contribution in [2.45, 2.75) is 38.6 Å². The van der Waals surface area contributed by atoms with Crippen LogP contribution in [0.2, 0.25) is 0 Å². The van der Waals surface area contributed by atoms with Gasteiger partial charge in [0.05, 0.1) is 11.4 Å². The van der Waals surface area contributed by atoms with Crippen molar-refractivity contribution in [1.29, 1.82) is 0 Å². The number of sulfonamides is 1. The van der Waals surface area contributed by atoms with Gasteiger partial charge in [0.1, 0.15) is 6.04 Å². The number of likely N-dealkylation sites (N-methyl/N-ethyl adjacent to an activating group) is 1. The number of hydrogen-bond acceptors (Lipinski definition) is 5. The Kier molecular flexibility index (Phi) is 7.56. The molecule has 1 aliphatic rings. The fourth-order valence-corrected chi connectivity index (χ4v) is 4.87. The maximum absolute atomic E-state index is 13.0. The molecule has 156 valence electrons. The van der Waals surface area contributed by atoms with Crippen LogP contribution in [0.1, 0.15) is 25.0 Å². The molecule has 1 aliphatic heterocycles. The van der Waals surface area contributed by atoms with Gasteiger partial charge in [-0.25, -0.2) is 8.42 Å². The third-order valence-electron chi connectivity index (χ3n) is 4.78. The van der Waals surface area contributed by atoms with E-state index in [1.54, 1.807) is 19.9 Å². The highest BCUT2D eigenvalue weighted by Gasteiger charge is 2.30. The number of nitrogens with zero attached hydrogens (tertiary/aromatic N) is 2. The minimum Gasteiger partial charge on any atom is -0.355 e. The predicted molar refractivity (Wildman–Crippen MR) is 107 cm³/mol. The van der Waals surface area contributed by atoms with Crippen molar-refractivity contribution in [2.75, 3.05) is 39.3 Å². The zero-order valence-corrected chi connectivity index (χ0v) is 17.8. The van der Waals surface area contributed by atoms with E-state index in [1.807, 2.05) is 30.9 Å². The molecule has 1 saturated heterocycles. The lowest BCUT2D eigenvalue weighted by Gasteiger charge is -2.34. The zero-order valence-electron chi connectivity index (χ0n) is 17.0. The van der Waals surface area contributed by atoms with Crippen LogP contribution >= 0.6 is 0 Å². The monoisotopic (exact) mass is 410 g/mol. The van der Waals surface area contributed by atoms with Crippen LogP contribution in [0.3, 0.4) is 0 Å². The van der Waals surface area contributed by atoms with Crippen LogP contribution in [-0.4, -0.2) is 74.7 Å². The summed E-state index contributed by atoms with van der Waals surface area (Å²) in [4.78, 5) is 26.1. The largest absolute Gasteiger partial charge is 0.355 e. The lowest BCUT2D eigenvalue weighted by Crippen LogP contribution is -2.53. The molecule has 0 radical (unpaired) electrons. The molecule has 28 heavy (non-hydrogen) atoms. The molecule has 0 bridgehead atoms. The molecule has 2 amide bonds. The Morgan fingerprint density at radius 2 is 1.79 bits per heavy atom. The number of amides is 2. The molecule has 2 N–H and O–H groups in total. The van der Waals surface area contributed by atoms with Crippen LogP contribution in [-0.2, 0) is 19.6 Å². The summed E-state index contributed by atoms with van der Waals surface area (Å²) in [6, 6.07) is 4.82. The van der Waals surface area contributed by atoms with Gasteiger partial charge in [0, 0.05) is 32.7 Å². The highest BCUT2D eigenvalue weighted by atomic mass is 32.2. The summed E-state index contributed by atoms with van der Waals surface area (Å²) in [5.41, 5.74) is 1.63. The molecule has 9 heteroatoms. The van der Waals surface area contributed by atoms with Crippen molar-refractivity contribution in [3.63, 3.8) is 0 Å². The number of carbonyl (C=O) groups excluding carboxylic acids is 2. The third-order valence-corrected chi connectivity index (χ3v) is 6.82. The molecule has 8 nitrogen and oxygen atoms in total. The summed E-state index contributed by atoms with van der Waals surface area (Å²) in [7, 11) is -3.55. The number of benzene rings is 1. The average Bonchev–Trinajstić information content (AvgIpc) is 2.64. The van der Waals surface area contributed by atoms with Crippen molar-refractivity contribution in [2.24, 2.45) is 0 Å². The van der Waals surface area contributed by atoms with Crippen LogP contribution in [0.4, 0.5) is 0 Å². The molecular weight excluding hydrogens is 380 g/mol. The molecule has 0 aromatic heterocycles. The molecule has 1 aromatic rings. The van der Waals surface area contributed by atoms with Gasteiger partial charge in [-0.15, -0.1) is 0 Å². The fraction of sp³-hybridized carbons (Fsp3) is 0.579. The maximum atomic E-state index is 13.0. The van der Waals surface area contributed by atoms with E-state index in [9.17, 15) is 18.0 Å². The summed E-state index contributed by atoms with van der Waals surface area (Å²) in [5.74, 6) is -0.468. The quantitative estimate of drug-likeness (QED) is 0.671. The van der Waals surface area contributed by atoms with Crippen LogP contribution in [0.5, 0.6) is 0 Å². The molecule has 1 fully saturated rings. The first-order valence-corrected chi connectivity index (χ1v) is 11.0. The van der Waals surface area contributed by atoms with E-state index < -0.39 is 16.1 Å². The topological polar surface area (TPSA) is 98.8 Å². The van der Waals surface area contributed by atoms with Crippen LogP contribution in [0.25, 0.3) is 0 Å². The van der Waals surface area contributed by atoms with E-state index in [0.29, 0.717) is 37.6 Å². The Hall–Kier alpha value is -1.97. The number of rotatable bonds is 7. The summed E-state index contributed by atoms with van der Waals surface area (Å²) < 4.78 is 27.4. The zero-order chi connectivity index (χ0) is 20.9. The van der Waals surface area contributed by atoms with Gasteiger partial charge in [0.25, 0.3) is 0 Å². The first-order chi connectivity index (χ1) is 13.1. The summed E-state index contributed by atoms with van der Waals surface area (Å²) >= 11 is 0. The molecule has 0 unspecified atom stereocenters. The van der Waals surface area contributed by atoms with Crippen molar-refractivity contribution >= 4 is 21.8 Å². The maximum Gasteiger partial charge on any atom is 0.243 e. The van der Waals surface area contributed by atoms with Gasteiger partial charge in [0.2, 0.25) is 21.8 Å². The fourth-order valence-electron chi connectivity index (χ4n) is 3.14. The highest BCUT2D eigenvalue weighted by molar-refractivity contribution is 7.89. The first-order valence-electron chi connectivity index (χ1n) is 9.52. The Morgan fingerprint density at radius 1 is 1.14 bits per heavy atom. The smallest absolute Gasteiger partial charge is 0.243 e. The normalized spacial score (nSPS) is 17.1. The van der Waals surface area contributed by atoms with Crippen molar-refractivity contribution in [1.82, 2.24) is 19.8 Å². The molecule has 0 saturated carbocycles. The number of nitrogens with one attached hydrogen (secondary N) is 2. The van der Waals surface area contributed by atoms with E-state index >= 15 is 0 Å². The van der Waals surface area contributed by atoms with Crippen LogP contribution in [0.15, 0.2) is 23.1 Å². The van der Waals surface area contributed by atoms with Crippen molar-refractivity contribution < 1.29 is 18.0 Å². The molecule has 1 aromatic carbocycles. The average molecular weight is 411 g/mol. The Labute approximate surface area is 167 Å². The van der Waals surface area contributed by atoms with Crippen LogP contribution in [0, 0.1) is 13.8 Å². The van der Waals surface area contributed by atoms with Crippen molar-refractivity contribution in [3.8, 4) is 0 Å². The standard InChI is InChI=1S/C19H30N4O4S/c1-5-20-19(25)16(4)21-18(24)13-22-8-10-23(11-9-22)28(26,27)17-12-14(2)6-7-15(17)3/h6-7,12,16H,5,8-11,13H2,1-4H3,(H,20,25)(H,21,24)/t16-/m1/s1. The molecule has 1 atom stereocenters. The second-order valence-corrected chi connectivity index (χ2v) is 9.04. The van der Waals surface area contributed by atoms with Gasteiger partial charge >= 0.3 is 0 Å². The van der Waals surface area contributed by atoms with E-state index in [4.69, 9.17) is 0 Å². The highest BCUT2D eigenvalue weighted by Crippen LogP contribution is 2.22. The second-order valence-electron chi connectivity index (χ2n) is 7.13. The molecule has 0 aliphatic carbocycles. The van der Waals surface area contributed by atoms with E-state index in [0.717, 1.165) is 11.1 Å². The predicted octanol–water partition coefficient (Wildman–Crippen LogP) is 0.251. The Morgan fingerprint density at radius 3 is 2.39 bits per heavy atom. The van der Waals surface area contributed by atoms with Gasteiger partial charge < -0.3 is 10.6 Å². The summed E-state index contributed by atoms with van der Waals surface area (Å²) in [6.07, 6.45) is 0. The van der Waals surface area contributed by atoms with Crippen LogP contribution < -0.4 is 10.6 Å². The van der Waals surface area contributed by atoms with E-state index in [1.165, 1.54) is 4.31 Å². The van der Waals surface area contributed by atoms with Gasteiger partial charge in [-0.2, -0.15) is 4.31 Å². The SMILES string of the molecule is CCNC(=O)[C@@H](C)NC(=O)CN1CCN(S(=O)(=O)c2cc(C)ccc2C)CC1. The van der Waals surface area contributed by atoms with Gasteiger partial charge in [-0.05, 0) is 44.9 Å². The lowest BCUT2D eigenvalue weighted by atomic mass is 10.2. The Bertz CT molecular complexity index is 817. The molecular formula is C19H30N4O4S. The third kappa shape index (κ3) is 5.52. The summed E-state index contributed by atoms with van der Waals surface area (Å²) in [5, 5.41) is 5.33. The second kappa shape index (κ2) is 9.49. The molecule has 2 rings (SSSR count).